The minimum atomic E-state index is -0.0604. The summed E-state index contributed by atoms with van der Waals surface area (Å²) in [5.74, 6) is 1.63. The molecule has 2 aromatic carbocycles. The highest BCUT2D eigenvalue weighted by Gasteiger charge is 2.31. The molecule has 0 spiro atoms. The fourth-order valence-corrected chi connectivity index (χ4v) is 5.17. The van der Waals surface area contributed by atoms with Gasteiger partial charge >= 0.3 is 0 Å². The van der Waals surface area contributed by atoms with Crippen molar-refractivity contribution < 1.29 is 4.79 Å². The first-order valence-corrected chi connectivity index (χ1v) is 12.4. The number of rotatable bonds is 8. The van der Waals surface area contributed by atoms with Crippen molar-refractivity contribution in [1.82, 2.24) is 35.5 Å². The van der Waals surface area contributed by atoms with Crippen LogP contribution in [0.4, 0.5) is 5.82 Å². The molecule has 3 N–H and O–H groups in total. The van der Waals surface area contributed by atoms with Crippen LogP contribution in [0.15, 0.2) is 53.4 Å². The van der Waals surface area contributed by atoms with Crippen LogP contribution in [0.5, 0.6) is 0 Å². The molecule has 4 aromatic rings. The molecule has 0 aliphatic carbocycles. The maximum atomic E-state index is 13.0. The summed E-state index contributed by atoms with van der Waals surface area (Å²) in [4.78, 5) is 24.4. The fraction of sp³-hybridized carbons (Fsp3) is 0.208. The maximum absolute atomic E-state index is 13.0. The second-order valence-electron chi connectivity index (χ2n) is 8.05. The number of nitrogens with one attached hydrogen (secondary N) is 1. The lowest BCUT2D eigenvalue weighted by Crippen LogP contribution is -2.29. The van der Waals surface area contributed by atoms with E-state index in [0.717, 1.165) is 47.7 Å². The lowest BCUT2D eigenvalue weighted by molar-refractivity contribution is -0.122. The molecular weight excluding hydrogens is 480 g/mol. The van der Waals surface area contributed by atoms with Crippen molar-refractivity contribution in [2.45, 2.75) is 25.7 Å². The lowest BCUT2D eigenvalue weighted by Gasteiger charge is -2.13. The van der Waals surface area contributed by atoms with E-state index in [0.29, 0.717) is 33.2 Å². The lowest BCUT2D eigenvalue weighted by atomic mass is 10.1. The van der Waals surface area contributed by atoms with Gasteiger partial charge in [-0.3, -0.25) is 9.69 Å². The Morgan fingerprint density at radius 2 is 1.97 bits per heavy atom. The first-order valence-electron chi connectivity index (χ1n) is 11.2. The average Bonchev–Trinajstić information content (AvgIpc) is 3.47. The topological polar surface area (TPSA) is 127 Å². The monoisotopic (exact) mass is 502 g/mol. The normalized spacial score (nSPS) is 15.0. The number of aryl methyl sites for hydroxylation is 1. The van der Waals surface area contributed by atoms with Crippen LogP contribution in [0.2, 0.25) is 0 Å². The molecule has 3 heterocycles. The molecule has 1 fully saturated rings. The maximum Gasteiger partial charge on any atom is 0.266 e. The number of carbonyl (C=O) groups is 1. The highest BCUT2D eigenvalue weighted by molar-refractivity contribution is 8.26. The Morgan fingerprint density at radius 1 is 1.09 bits per heavy atom. The number of thiocarbonyl (C=S) groups is 1. The number of nitrogens with zero attached hydrogens (tertiary/aromatic N) is 6. The number of para-hydroxylation sites is 1. The van der Waals surface area contributed by atoms with E-state index in [-0.39, 0.29) is 5.91 Å². The van der Waals surface area contributed by atoms with Gasteiger partial charge in [-0.05, 0) is 42.7 Å². The van der Waals surface area contributed by atoms with E-state index < -0.39 is 0 Å². The summed E-state index contributed by atoms with van der Waals surface area (Å²) in [5, 5.41) is 14.7. The van der Waals surface area contributed by atoms with Crippen molar-refractivity contribution in [3.63, 3.8) is 0 Å². The van der Waals surface area contributed by atoms with Crippen molar-refractivity contribution in [2.75, 3.05) is 12.3 Å². The fourth-order valence-electron chi connectivity index (χ4n) is 3.86. The van der Waals surface area contributed by atoms with Gasteiger partial charge in [0, 0.05) is 23.9 Å². The smallest absolute Gasteiger partial charge is 0.266 e. The Labute approximate surface area is 211 Å². The summed E-state index contributed by atoms with van der Waals surface area (Å²) in [6.45, 7) is 0.596. The minimum Gasteiger partial charge on any atom is -0.383 e. The SMILES string of the molecule is Nc1nc(-c2cccc(C=C3SC(=S)N(CCCCCc4nn[nH]n4)C3=O)c2)nc2ccccc12. The quantitative estimate of drug-likeness (QED) is 0.209. The molecule has 2 aromatic heterocycles. The van der Waals surface area contributed by atoms with Crippen LogP contribution in [0.3, 0.4) is 0 Å². The summed E-state index contributed by atoms with van der Waals surface area (Å²) >= 11 is 6.81. The van der Waals surface area contributed by atoms with Gasteiger partial charge in [-0.1, -0.05) is 65.9 Å². The average molecular weight is 503 g/mol. The van der Waals surface area contributed by atoms with E-state index in [1.165, 1.54) is 11.8 Å². The van der Waals surface area contributed by atoms with Crippen molar-refractivity contribution in [3.05, 3.63) is 64.8 Å². The number of hydrogen-bond donors (Lipinski definition) is 2. The Bertz CT molecular complexity index is 1420. The predicted octanol–water partition coefficient (Wildman–Crippen LogP) is 4.01. The number of aromatic nitrogens is 6. The van der Waals surface area contributed by atoms with E-state index >= 15 is 0 Å². The highest BCUT2D eigenvalue weighted by atomic mass is 32.2. The van der Waals surface area contributed by atoms with Gasteiger partial charge in [-0.25, -0.2) is 9.97 Å². The number of fused-ring (bicyclic) bond motifs is 1. The number of nitrogens with two attached hydrogens (primary N) is 1. The molecule has 1 amide bonds. The van der Waals surface area contributed by atoms with E-state index in [1.807, 2.05) is 54.6 Å². The first-order chi connectivity index (χ1) is 17.1. The summed E-state index contributed by atoms with van der Waals surface area (Å²) in [5.41, 5.74) is 8.65. The summed E-state index contributed by atoms with van der Waals surface area (Å²) in [6.07, 6.45) is 5.36. The number of thioether (sulfide) groups is 1. The van der Waals surface area contributed by atoms with Crippen LogP contribution >= 0.6 is 24.0 Å². The van der Waals surface area contributed by atoms with E-state index in [1.54, 1.807) is 4.90 Å². The van der Waals surface area contributed by atoms with Crippen molar-refractivity contribution >= 4 is 57.0 Å². The van der Waals surface area contributed by atoms with Crippen molar-refractivity contribution in [2.24, 2.45) is 0 Å². The second kappa shape index (κ2) is 10.3. The van der Waals surface area contributed by atoms with Gasteiger partial charge < -0.3 is 5.73 Å². The van der Waals surface area contributed by atoms with Crippen molar-refractivity contribution in [1.29, 1.82) is 0 Å². The molecule has 11 heteroatoms. The Hall–Kier alpha value is -3.70. The number of H-pyrrole nitrogens is 1. The molecule has 0 unspecified atom stereocenters. The number of nitrogen functional groups attached to an aromatic ring is 1. The van der Waals surface area contributed by atoms with Gasteiger partial charge in [0.1, 0.15) is 10.1 Å². The number of hydrogen-bond acceptors (Lipinski definition) is 9. The third-order valence-corrected chi connectivity index (χ3v) is 7.00. The molecule has 1 saturated heterocycles. The summed E-state index contributed by atoms with van der Waals surface area (Å²) in [7, 11) is 0. The largest absolute Gasteiger partial charge is 0.383 e. The minimum absolute atomic E-state index is 0.0604. The van der Waals surface area contributed by atoms with Gasteiger partial charge in [0.2, 0.25) is 0 Å². The molecule has 0 saturated carbocycles. The second-order valence-corrected chi connectivity index (χ2v) is 9.72. The standard InChI is InChI=1S/C24H22N8OS2/c25-21-17-9-3-4-10-18(17)26-22(27-21)16-8-6-7-15(13-16)14-19-23(33)32(24(34)35-19)12-5-1-2-11-20-28-30-31-29-20/h3-4,6-10,13-14H,1-2,5,11-12H2,(H2,25,26,27)(H,28,29,30,31). The molecule has 176 valence electrons. The number of amides is 1. The summed E-state index contributed by atoms with van der Waals surface area (Å²) < 4.78 is 0.584. The zero-order valence-corrected chi connectivity index (χ0v) is 20.4. The van der Waals surface area contributed by atoms with Crippen LogP contribution in [-0.2, 0) is 11.2 Å². The molecule has 0 radical (unpaired) electrons. The Balaban J connectivity index is 1.26. The molecule has 9 nitrogen and oxygen atoms in total. The van der Waals surface area contributed by atoms with Crippen LogP contribution in [0, 0.1) is 0 Å². The van der Waals surface area contributed by atoms with E-state index in [9.17, 15) is 4.79 Å². The van der Waals surface area contributed by atoms with Crippen molar-refractivity contribution in [3.8, 4) is 11.4 Å². The van der Waals surface area contributed by atoms with Crippen LogP contribution in [0.1, 0.15) is 30.7 Å². The highest BCUT2D eigenvalue weighted by Crippen LogP contribution is 2.33. The molecular formula is C24H22N8OS2. The van der Waals surface area contributed by atoms with Gasteiger partial charge in [0.05, 0.1) is 10.4 Å². The molecule has 1 aliphatic heterocycles. The van der Waals surface area contributed by atoms with E-state index in [4.69, 9.17) is 18.0 Å². The summed E-state index contributed by atoms with van der Waals surface area (Å²) in [6, 6.07) is 15.4. The van der Waals surface area contributed by atoms with E-state index in [2.05, 4.69) is 30.6 Å². The predicted molar refractivity (Wildman–Crippen MR) is 141 cm³/mol. The Morgan fingerprint density at radius 3 is 2.83 bits per heavy atom. The van der Waals surface area contributed by atoms with Gasteiger partial charge in [0.15, 0.2) is 11.6 Å². The van der Waals surface area contributed by atoms with Crippen LogP contribution in [-0.4, -0.2) is 52.3 Å². The number of carbonyl (C=O) groups excluding carboxylic acids is 1. The molecule has 0 atom stereocenters. The number of benzene rings is 2. The third kappa shape index (κ3) is 5.20. The first kappa shape index (κ1) is 23.1. The number of tetrazole rings is 1. The van der Waals surface area contributed by atoms with Gasteiger partial charge in [0.25, 0.3) is 5.91 Å². The van der Waals surface area contributed by atoms with Crippen LogP contribution in [0.25, 0.3) is 28.4 Å². The third-order valence-electron chi connectivity index (χ3n) is 5.62. The Kier molecular flexibility index (Phi) is 6.77. The number of unbranched alkanes of at least 4 members (excludes halogenated alkanes) is 2. The zero-order chi connectivity index (χ0) is 24.2. The van der Waals surface area contributed by atoms with Crippen LogP contribution < -0.4 is 5.73 Å². The van der Waals surface area contributed by atoms with Gasteiger partial charge in [-0.15, -0.1) is 10.2 Å². The molecule has 0 bridgehead atoms. The number of anilines is 1. The van der Waals surface area contributed by atoms with Gasteiger partial charge in [-0.2, -0.15) is 5.21 Å². The molecule has 5 rings (SSSR count). The zero-order valence-electron chi connectivity index (χ0n) is 18.7. The number of aromatic amines is 1. The molecule has 1 aliphatic rings. The molecule has 35 heavy (non-hydrogen) atoms.